The van der Waals surface area contributed by atoms with Crippen molar-refractivity contribution >= 4 is 0 Å². The van der Waals surface area contributed by atoms with Crippen molar-refractivity contribution in [1.29, 1.82) is 0 Å². The van der Waals surface area contributed by atoms with Crippen LogP contribution in [0.1, 0.15) is 39.0 Å². The molecule has 1 aliphatic carbocycles. The summed E-state index contributed by atoms with van der Waals surface area (Å²) >= 11 is 0. The molecule has 12 heavy (non-hydrogen) atoms. The van der Waals surface area contributed by atoms with Gasteiger partial charge in [0, 0.05) is 12.0 Å². The second-order valence-electron chi connectivity index (χ2n) is 4.45. The molecular weight excluding hydrogens is 150 g/mol. The summed E-state index contributed by atoms with van der Waals surface area (Å²) in [6.07, 6.45) is 5.73. The van der Waals surface area contributed by atoms with Gasteiger partial charge in [0.25, 0.3) is 0 Å². The maximum Gasteiger partial charge on any atom is 0.0702 e. The molecule has 1 aliphatic heterocycles. The minimum atomic E-state index is -0.317. The zero-order valence-corrected chi connectivity index (χ0v) is 7.84. The van der Waals surface area contributed by atoms with Crippen molar-refractivity contribution in [1.82, 2.24) is 5.32 Å². The first-order valence-electron chi connectivity index (χ1n) is 5.18. The van der Waals surface area contributed by atoms with Gasteiger partial charge in [-0.3, -0.25) is 0 Å². The van der Waals surface area contributed by atoms with Gasteiger partial charge < -0.3 is 10.4 Å². The van der Waals surface area contributed by atoms with Gasteiger partial charge in [0.2, 0.25) is 0 Å². The lowest BCUT2D eigenvalue weighted by atomic mass is 9.68. The molecule has 2 aliphatic rings. The summed E-state index contributed by atoms with van der Waals surface area (Å²) in [5.74, 6) is 0.514. The van der Waals surface area contributed by atoms with Crippen LogP contribution in [0.15, 0.2) is 0 Å². The second kappa shape index (κ2) is 3.00. The van der Waals surface area contributed by atoms with Crippen LogP contribution in [-0.2, 0) is 0 Å². The molecule has 1 heterocycles. The van der Waals surface area contributed by atoms with Crippen LogP contribution in [0.4, 0.5) is 0 Å². The normalized spacial score (nSPS) is 48.5. The van der Waals surface area contributed by atoms with Crippen molar-refractivity contribution in [3.63, 3.8) is 0 Å². The predicted octanol–water partition coefficient (Wildman–Crippen LogP) is 1.29. The number of aliphatic hydroxyl groups is 1. The highest BCUT2D eigenvalue weighted by molar-refractivity contribution is 4.98. The van der Waals surface area contributed by atoms with Crippen molar-refractivity contribution in [3.05, 3.63) is 0 Å². The predicted molar refractivity (Wildman–Crippen MR) is 49.0 cm³/mol. The van der Waals surface area contributed by atoms with E-state index in [0.717, 1.165) is 19.4 Å². The maximum absolute atomic E-state index is 10.3. The molecule has 2 heteroatoms. The third-order valence-corrected chi connectivity index (χ3v) is 3.69. The number of rotatable bonds is 0. The molecule has 0 aromatic rings. The molecule has 0 amide bonds. The van der Waals surface area contributed by atoms with E-state index in [1.807, 2.05) is 0 Å². The molecule has 0 bridgehead atoms. The summed E-state index contributed by atoms with van der Waals surface area (Å²) in [7, 11) is 0. The largest absolute Gasteiger partial charge is 0.389 e. The number of hydrogen-bond donors (Lipinski definition) is 2. The van der Waals surface area contributed by atoms with E-state index in [1.165, 1.54) is 19.3 Å². The van der Waals surface area contributed by atoms with E-state index in [1.54, 1.807) is 0 Å². The molecule has 0 spiro atoms. The standard InChI is InChI=1S/C10H19NO/c1-8-9-4-2-3-5-10(9,12)6-7-11-8/h8-9,11-12H,2-7H2,1H3/t8-,9-,10+/m0/s1. The molecule has 2 rings (SSSR count). The van der Waals surface area contributed by atoms with Crippen LogP contribution in [0.25, 0.3) is 0 Å². The smallest absolute Gasteiger partial charge is 0.0702 e. The summed E-state index contributed by atoms with van der Waals surface area (Å²) in [5.41, 5.74) is -0.317. The van der Waals surface area contributed by atoms with E-state index in [4.69, 9.17) is 0 Å². The van der Waals surface area contributed by atoms with Crippen molar-refractivity contribution in [2.24, 2.45) is 5.92 Å². The van der Waals surface area contributed by atoms with Gasteiger partial charge in [-0.15, -0.1) is 0 Å². The minimum Gasteiger partial charge on any atom is -0.389 e. The van der Waals surface area contributed by atoms with Crippen molar-refractivity contribution in [2.45, 2.75) is 50.7 Å². The SMILES string of the molecule is C[C@@H]1NCC[C@]2(O)CCCC[C@@H]12. The fourth-order valence-electron chi connectivity index (χ4n) is 2.93. The van der Waals surface area contributed by atoms with Gasteiger partial charge in [-0.1, -0.05) is 12.8 Å². The topological polar surface area (TPSA) is 32.3 Å². The van der Waals surface area contributed by atoms with Gasteiger partial charge in [0.05, 0.1) is 5.60 Å². The van der Waals surface area contributed by atoms with E-state index >= 15 is 0 Å². The maximum atomic E-state index is 10.3. The van der Waals surface area contributed by atoms with Crippen LogP contribution in [0, 0.1) is 5.92 Å². The Balaban J connectivity index is 2.12. The number of nitrogens with one attached hydrogen (secondary N) is 1. The van der Waals surface area contributed by atoms with Gasteiger partial charge in [-0.2, -0.15) is 0 Å². The zero-order chi connectivity index (χ0) is 8.60. The van der Waals surface area contributed by atoms with Crippen LogP contribution in [0.2, 0.25) is 0 Å². The fourth-order valence-corrected chi connectivity index (χ4v) is 2.93. The Morgan fingerprint density at radius 2 is 2.17 bits per heavy atom. The van der Waals surface area contributed by atoms with Crippen molar-refractivity contribution in [2.75, 3.05) is 6.54 Å². The average molecular weight is 169 g/mol. The van der Waals surface area contributed by atoms with E-state index in [0.29, 0.717) is 12.0 Å². The Hall–Kier alpha value is -0.0800. The molecule has 2 N–H and O–H groups in total. The van der Waals surface area contributed by atoms with E-state index < -0.39 is 0 Å². The van der Waals surface area contributed by atoms with Crippen LogP contribution in [0.3, 0.4) is 0 Å². The second-order valence-corrected chi connectivity index (χ2v) is 4.45. The molecule has 0 radical (unpaired) electrons. The van der Waals surface area contributed by atoms with Crippen LogP contribution in [0.5, 0.6) is 0 Å². The van der Waals surface area contributed by atoms with Gasteiger partial charge in [0.15, 0.2) is 0 Å². The number of hydrogen-bond acceptors (Lipinski definition) is 2. The molecule has 0 aromatic heterocycles. The third kappa shape index (κ3) is 1.27. The molecule has 2 fully saturated rings. The molecular formula is C10H19NO. The van der Waals surface area contributed by atoms with Crippen LogP contribution < -0.4 is 5.32 Å². The third-order valence-electron chi connectivity index (χ3n) is 3.69. The minimum absolute atomic E-state index is 0.317. The Kier molecular flexibility index (Phi) is 2.13. The molecule has 70 valence electrons. The van der Waals surface area contributed by atoms with E-state index in [2.05, 4.69) is 12.2 Å². The zero-order valence-electron chi connectivity index (χ0n) is 7.84. The van der Waals surface area contributed by atoms with Gasteiger partial charge >= 0.3 is 0 Å². The summed E-state index contributed by atoms with van der Waals surface area (Å²) < 4.78 is 0. The van der Waals surface area contributed by atoms with Crippen molar-refractivity contribution < 1.29 is 5.11 Å². The molecule has 2 nitrogen and oxygen atoms in total. The van der Waals surface area contributed by atoms with E-state index in [-0.39, 0.29) is 5.60 Å². The monoisotopic (exact) mass is 169 g/mol. The molecule has 3 atom stereocenters. The van der Waals surface area contributed by atoms with Crippen molar-refractivity contribution in [3.8, 4) is 0 Å². The highest BCUT2D eigenvalue weighted by Gasteiger charge is 2.43. The molecule has 1 saturated heterocycles. The first kappa shape index (κ1) is 8.52. The van der Waals surface area contributed by atoms with Crippen LogP contribution in [-0.4, -0.2) is 23.3 Å². The van der Waals surface area contributed by atoms with Crippen LogP contribution >= 0.6 is 0 Å². The Morgan fingerprint density at radius 3 is 2.92 bits per heavy atom. The Morgan fingerprint density at radius 1 is 1.33 bits per heavy atom. The number of piperidine rings is 1. The van der Waals surface area contributed by atoms with Gasteiger partial charge in [-0.05, 0) is 32.7 Å². The summed E-state index contributed by atoms with van der Waals surface area (Å²) in [6, 6.07) is 0.518. The average Bonchev–Trinajstić information content (AvgIpc) is 2.04. The molecule has 0 unspecified atom stereocenters. The highest BCUT2D eigenvalue weighted by atomic mass is 16.3. The Bertz CT molecular complexity index is 167. The van der Waals surface area contributed by atoms with E-state index in [9.17, 15) is 5.11 Å². The first-order valence-corrected chi connectivity index (χ1v) is 5.18. The lowest BCUT2D eigenvalue weighted by Gasteiger charge is -2.47. The highest BCUT2D eigenvalue weighted by Crippen LogP contribution is 2.40. The van der Waals surface area contributed by atoms with Gasteiger partial charge in [0.1, 0.15) is 0 Å². The fraction of sp³-hybridized carbons (Fsp3) is 1.00. The summed E-state index contributed by atoms with van der Waals surface area (Å²) in [5, 5.41) is 13.8. The molecule has 0 aromatic carbocycles. The summed E-state index contributed by atoms with van der Waals surface area (Å²) in [4.78, 5) is 0. The lowest BCUT2D eigenvalue weighted by molar-refractivity contribution is -0.0823. The quantitative estimate of drug-likeness (QED) is 0.572. The lowest BCUT2D eigenvalue weighted by Crippen LogP contribution is -2.56. The number of fused-ring (bicyclic) bond motifs is 1. The van der Waals surface area contributed by atoms with Gasteiger partial charge in [-0.25, -0.2) is 0 Å². The first-order chi connectivity index (χ1) is 5.72. The Labute approximate surface area is 74.4 Å². The summed E-state index contributed by atoms with van der Waals surface area (Å²) in [6.45, 7) is 3.20. The molecule has 1 saturated carbocycles.